The largest absolute Gasteiger partial charge is 0.421 e. The number of carbonyl (C=O) groups is 1. The van der Waals surface area contributed by atoms with Crippen LogP contribution in [-0.4, -0.2) is 32.2 Å². The van der Waals surface area contributed by atoms with Crippen molar-refractivity contribution in [3.63, 3.8) is 0 Å². The Hall–Kier alpha value is -3.63. The van der Waals surface area contributed by atoms with Gasteiger partial charge in [0.2, 0.25) is 11.9 Å². The second kappa shape index (κ2) is 7.65. The van der Waals surface area contributed by atoms with E-state index in [2.05, 4.69) is 31.0 Å². The van der Waals surface area contributed by atoms with Crippen LogP contribution in [0.3, 0.4) is 0 Å². The zero-order valence-corrected chi connectivity index (χ0v) is 15.9. The molecule has 156 valence electrons. The number of nitrogens with one attached hydrogen (secondary N) is 3. The van der Waals surface area contributed by atoms with E-state index in [9.17, 15) is 18.0 Å². The van der Waals surface area contributed by atoms with Gasteiger partial charge in [-0.25, -0.2) is 4.98 Å². The number of carbonyl (C=O) groups excluding carboxylic acids is 1. The van der Waals surface area contributed by atoms with Gasteiger partial charge < -0.3 is 16.0 Å². The van der Waals surface area contributed by atoms with Crippen molar-refractivity contribution in [2.75, 3.05) is 22.5 Å². The second-order valence-corrected chi connectivity index (χ2v) is 6.87. The molecule has 11 heteroatoms. The minimum Gasteiger partial charge on any atom is -0.369 e. The summed E-state index contributed by atoms with van der Waals surface area (Å²) in [7, 11) is 1.77. The fourth-order valence-corrected chi connectivity index (χ4v) is 3.15. The number of nitrogens with zero attached hydrogens (tertiary/aromatic N) is 4. The summed E-state index contributed by atoms with van der Waals surface area (Å²) in [6.07, 6.45) is 0.359. The van der Waals surface area contributed by atoms with Gasteiger partial charge in [0, 0.05) is 37.4 Å². The average Bonchev–Trinajstić information content (AvgIpc) is 3.25. The molecule has 0 unspecified atom stereocenters. The van der Waals surface area contributed by atoms with Gasteiger partial charge in [0.05, 0.1) is 12.6 Å². The van der Waals surface area contributed by atoms with Crippen molar-refractivity contribution in [2.24, 2.45) is 7.05 Å². The van der Waals surface area contributed by atoms with Gasteiger partial charge in [-0.15, -0.1) is 0 Å². The molecule has 1 aliphatic heterocycles. The van der Waals surface area contributed by atoms with E-state index in [1.165, 1.54) is 0 Å². The summed E-state index contributed by atoms with van der Waals surface area (Å²) in [6, 6.07) is 5.16. The molecular formula is C19H18F3N7O. The third kappa shape index (κ3) is 4.34. The van der Waals surface area contributed by atoms with Crippen LogP contribution in [0.5, 0.6) is 0 Å². The summed E-state index contributed by atoms with van der Waals surface area (Å²) in [4.78, 5) is 19.3. The maximum Gasteiger partial charge on any atom is 0.421 e. The van der Waals surface area contributed by atoms with Gasteiger partial charge in [0.25, 0.3) is 0 Å². The predicted octanol–water partition coefficient (Wildman–Crippen LogP) is 3.12. The summed E-state index contributed by atoms with van der Waals surface area (Å²) in [6.45, 7) is 0.248. The summed E-state index contributed by atoms with van der Waals surface area (Å²) in [5.74, 6) is -0.390. The molecule has 1 amide bonds. The van der Waals surface area contributed by atoms with Crippen molar-refractivity contribution in [1.82, 2.24) is 19.7 Å². The molecule has 0 saturated carbocycles. The third-order valence-corrected chi connectivity index (χ3v) is 4.55. The lowest BCUT2D eigenvalue weighted by Gasteiger charge is -2.15. The van der Waals surface area contributed by atoms with E-state index >= 15 is 0 Å². The molecule has 1 aliphatic rings. The molecule has 8 nitrogen and oxygen atoms in total. The highest BCUT2D eigenvalue weighted by molar-refractivity contribution is 5.99. The SMILES string of the molecule is Cn1cc(CCNc2nc(Nc3ccc4c(c3)CC(=O)N4)ncc2C(F)(F)F)cn1. The Bertz CT molecular complexity index is 1090. The van der Waals surface area contributed by atoms with Crippen LogP contribution in [0.2, 0.25) is 0 Å². The second-order valence-electron chi connectivity index (χ2n) is 6.87. The standard InChI is InChI=1S/C19H18F3N7O/c1-29-10-11(8-25-29)4-5-23-17-14(19(20,21)22)9-24-18(28-17)26-13-2-3-15-12(6-13)7-16(30)27-15/h2-3,6,8-10H,4-5,7H2,1H3,(H,27,30)(H2,23,24,26,28). The number of aryl methyl sites for hydroxylation is 1. The third-order valence-electron chi connectivity index (χ3n) is 4.55. The number of fused-ring (bicyclic) bond motifs is 1. The van der Waals surface area contributed by atoms with Crippen molar-refractivity contribution in [3.05, 3.63) is 53.5 Å². The van der Waals surface area contributed by atoms with E-state index < -0.39 is 11.7 Å². The lowest BCUT2D eigenvalue weighted by molar-refractivity contribution is -0.137. The van der Waals surface area contributed by atoms with E-state index in [0.29, 0.717) is 12.1 Å². The van der Waals surface area contributed by atoms with E-state index in [1.807, 2.05) is 0 Å². The van der Waals surface area contributed by atoms with Crippen molar-refractivity contribution in [3.8, 4) is 0 Å². The number of hydrogen-bond donors (Lipinski definition) is 3. The van der Waals surface area contributed by atoms with E-state index in [0.717, 1.165) is 23.0 Å². The van der Waals surface area contributed by atoms with Gasteiger partial charge in [0.1, 0.15) is 11.4 Å². The van der Waals surface area contributed by atoms with E-state index in [-0.39, 0.29) is 30.6 Å². The first-order chi connectivity index (χ1) is 14.3. The number of hydrogen-bond acceptors (Lipinski definition) is 6. The highest BCUT2D eigenvalue weighted by Gasteiger charge is 2.35. The molecule has 0 radical (unpaired) electrons. The van der Waals surface area contributed by atoms with Gasteiger partial charge in [-0.3, -0.25) is 9.48 Å². The molecular weight excluding hydrogens is 399 g/mol. The molecule has 1 aromatic carbocycles. The molecule has 0 bridgehead atoms. The lowest BCUT2D eigenvalue weighted by Crippen LogP contribution is -2.16. The van der Waals surface area contributed by atoms with Crippen LogP contribution < -0.4 is 16.0 Å². The molecule has 0 fully saturated rings. The first kappa shape index (κ1) is 19.7. The molecule has 0 aliphatic carbocycles. The highest BCUT2D eigenvalue weighted by Crippen LogP contribution is 2.34. The first-order valence-corrected chi connectivity index (χ1v) is 9.13. The lowest BCUT2D eigenvalue weighted by atomic mass is 10.1. The minimum absolute atomic E-state index is 0.0177. The molecule has 0 spiro atoms. The quantitative estimate of drug-likeness (QED) is 0.570. The van der Waals surface area contributed by atoms with Gasteiger partial charge >= 0.3 is 6.18 Å². The number of halogens is 3. The van der Waals surface area contributed by atoms with Gasteiger partial charge in [-0.05, 0) is 35.7 Å². The van der Waals surface area contributed by atoms with E-state index in [4.69, 9.17) is 0 Å². The monoisotopic (exact) mass is 417 g/mol. The Labute approximate surface area is 169 Å². The zero-order valence-electron chi connectivity index (χ0n) is 15.9. The fraction of sp³-hybridized carbons (Fsp3) is 0.263. The smallest absolute Gasteiger partial charge is 0.369 e. The number of alkyl halides is 3. The van der Waals surface area contributed by atoms with Crippen LogP contribution in [0, 0.1) is 0 Å². The van der Waals surface area contributed by atoms with Crippen LogP contribution >= 0.6 is 0 Å². The van der Waals surface area contributed by atoms with Crippen LogP contribution in [0.4, 0.5) is 36.3 Å². The molecule has 2 aromatic heterocycles. The van der Waals surface area contributed by atoms with Gasteiger partial charge in [-0.1, -0.05) is 0 Å². The van der Waals surface area contributed by atoms with Crippen LogP contribution in [0.25, 0.3) is 0 Å². The first-order valence-electron chi connectivity index (χ1n) is 9.13. The zero-order chi connectivity index (χ0) is 21.3. The molecule has 4 rings (SSSR count). The van der Waals surface area contributed by atoms with E-state index in [1.54, 1.807) is 42.3 Å². The predicted molar refractivity (Wildman–Crippen MR) is 104 cm³/mol. The summed E-state index contributed by atoms with van der Waals surface area (Å²) in [5, 5.41) is 12.4. The topological polar surface area (TPSA) is 96.8 Å². The minimum atomic E-state index is -4.59. The number of rotatable bonds is 6. The van der Waals surface area contributed by atoms with Crippen LogP contribution in [-0.2, 0) is 30.9 Å². The Kier molecular flexibility index (Phi) is 5.02. The molecule has 3 heterocycles. The van der Waals surface area contributed by atoms with Gasteiger partial charge in [0.15, 0.2) is 0 Å². The molecule has 0 atom stereocenters. The number of aromatic nitrogens is 4. The Balaban J connectivity index is 1.52. The Morgan fingerprint density at radius 2 is 2.10 bits per heavy atom. The Morgan fingerprint density at radius 3 is 2.83 bits per heavy atom. The number of amides is 1. The maximum atomic E-state index is 13.4. The molecule has 0 saturated heterocycles. The van der Waals surface area contributed by atoms with Crippen LogP contribution in [0.1, 0.15) is 16.7 Å². The average molecular weight is 417 g/mol. The maximum absolute atomic E-state index is 13.4. The fourth-order valence-electron chi connectivity index (χ4n) is 3.15. The highest BCUT2D eigenvalue weighted by atomic mass is 19.4. The summed E-state index contributed by atoms with van der Waals surface area (Å²) >= 11 is 0. The van der Waals surface area contributed by atoms with Gasteiger partial charge in [-0.2, -0.15) is 23.3 Å². The molecule has 30 heavy (non-hydrogen) atoms. The molecule has 3 N–H and O–H groups in total. The van der Waals surface area contributed by atoms with Crippen molar-refractivity contribution < 1.29 is 18.0 Å². The Morgan fingerprint density at radius 1 is 1.27 bits per heavy atom. The molecule has 3 aromatic rings. The summed E-state index contributed by atoms with van der Waals surface area (Å²) < 4.78 is 41.7. The van der Waals surface area contributed by atoms with Crippen LogP contribution in [0.15, 0.2) is 36.8 Å². The summed E-state index contributed by atoms with van der Waals surface area (Å²) in [5.41, 5.74) is 2.05. The number of benzene rings is 1. The van der Waals surface area contributed by atoms with Crippen molar-refractivity contribution >= 4 is 29.0 Å². The van der Waals surface area contributed by atoms with Crippen molar-refractivity contribution in [1.29, 1.82) is 0 Å². The number of anilines is 4. The normalized spacial score (nSPS) is 13.1. The van der Waals surface area contributed by atoms with Crippen molar-refractivity contribution in [2.45, 2.75) is 19.0 Å².